The van der Waals surface area contributed by atoms with E-state index in [-0.39, 0.29) is 34.0 Å². The molecule has 0 saturated carbocycles. The fraction of sp³-hybridized carbons (Fsp3) is 1.00. The Morgan fingerprint density at radius 3 is 1.09 bits per heavy atom. The van der Waals surface area contributed by atoms with Crippen LogP contribution in [-0.2, 0) is 0 Å². The van der Waals surface area contributed by atoms with E-state index in [9.17, 15) is 0 Å². The first kappa shape index (κ1) is 17.8. The molecule has 0 radical (unpaired) electrons. The van der Waals surface area contributed by atoms with Crippen LogP contribution in [0.15, 0.2) is 0 Å². The number of halogens is 2. The molecular formula is C7H20Br2N2. The highest BCUT2D eigenvalue weighted by Crippen LogP contribution is 1.99. The van der Waals surface area contributed by atoms with Crippen molar-refractivity contribution in [3.05, 3.63) is 0 Å². The minimum atomic E-state index is 0. The van der Waals surface area contributed by atoms with E-state index in [4.69, 9.17) is 11.5 Å². The van der Waals surface area contributed by atoms with Gasteiger partial charge in [-0.25, -0.2) is 0 Å². The van der Waals surface area contributed by atoms with E-state index in [1.165, 1.54) is 32.1 Å². The van der Waals surface area contributed by atoms with E-state index in [2.05, 4.69) is 0 Å². The number of unbranched alkanes of at least 4 members (excludes halogenated alkanes) is 4. The van der Waals surface area contributed by atoms with E-state index in [0.29, 0.717) is 0 Å². The minimum Gasteiger partial charge on any atom is -0.330 e. The van der Waals surface area contributed by atoms with Crippen LogP contribution in [0.25, 0.3) is 0 Å². The lowest BCUT2D eigenvalue weighted by Crippen LogP contribution is -1.99. The average Bonchev–Trinajstić information content (AvgIpc) is 1.89. The van der Waals surface area contributed by atoms with Gasteiger partial charge < -0.3 is 11.5 Å². The first-order chi connectivity index (χ1) is 4.41. The molecule has 0 spiro atoms. The molecule has 0 aliphatic heterocycles. The summed E-state index contributed by atoms with van der Waals surface area (Å²) in [6, 6.07) is 0. The van der Waals surface area contributed by atoms with Crippen molar-refractivity contribution >= 4 is 34.0 Å². The molecule has 72 valence electrons. The van der Waals surface area contributed by atoms with Crippen LogP contribution in [0.4, 0.5) is 0 Å². The second-order valence-corrected chi connectivity index (χ2v) is 2.35. The molecule has 0 heterocycles. The highest BCUT2D eigenvalue weighted by Gasteiger charge is 1.85. The van der Waals surface area contributed by atoms with Gasteiger partial charge in [0.1, 0.15) is 0 Å². The first-order valence-corrected chi connectivity index (χ1v) is 3.82. The fourth-order valence-corrected chi connectivity index (χ4v) is 0.819. The summed E-state index contributed by atoms with van der Waals surface area (Å²) in [5.74, 6) is 0. The largest absolute Gasteiger partial charge is 0.330 e. The third-order valence-corrected chi connectivity index (χ3v) is 1.41. The van der Waals surface area contributed by atoms with Crippen molar-refractivity contribution in [2.24, 2.45) is 11.5 Å². The highest BCUT2D eigenvalue weighted by molar-refractivity contribution is 8.93. The average molecular weight is 292 g/mol. The van der Waals surface area contributed by atoms with Crippen LogP contribution in [0.3, 0.4) is 0 Å². The Balaban J connectivity index is -0.000000320. The van der Waals surface area contributed by atoms with Crippen LogP contribution in [-0.4, -0.2) is 13.1 Å². The van der Waals surface area contributed by atoms with Crippen molar-refractivity contribution in [2.45, 2.75) is 32.1 Å². The molecule has 0 fully saturated rings. The van der Waals surface area contributed by atoms with Crippen LogP contribution >= 0.6 is 34.0 Å². The summed E-state index contributed by atoms with van der Waals surface area (Å²) in [5.41, 5.74) is 10.6. The van der Waals surface area contributed by atoms with Crippen molar-refractivity contribution in [1.82, 2.24) is 0 Å². The Bertz CT molecular complexity index is 47.7. The lowest BCUT2D eigenvalue weighted by Gasteiger charge is -1.96. The van der Waals surface area contributed by atoms with Crippen LogP contribution in [0, 0.1) is 0 Å². The van der Waals surface area contributed by atoms with Gasteiger partial charge in [-0.2, -0.15) is 0 Å². The van der Waals surface area contributed by atoms with Crippen molar-refractivity contribution < 1.29 is 0 Å². The Labute approximate surface area is 90.6 Å². The quantitative estimate of drug-likeness (QED) is 0.736. The Hall–Kier alpha value is 0.880. The zero-order chi connectivity index (χ0) is 6.95. The normalized spacial score (nSPS) is 8.18. The maximum atomic E-state index is 5.32. The lowest BCUT2D eigenvalue weighted by atomic mass is 10.1. The second-order valence-electron chi connectivity index (χ2n) is 2.35. The Kier molecular flexibility index (Phi) is 27.7. The predicted molar refractivity (Wildman–Crippen MR) is 61.8 cm³/mol. The van der Waals surface area contributed by atoms with Gasteiger partial charge in [-0.15, -0.1) is 34.0 Å². The number of hydrogen-bond acceptors (Lipinski definition) is 2. The number of hydrogen-bond donors (Lipinski definition) is 2. The summed E-state index contributed by atoms with van der Waals surface area (Å²) in [6.07, 6.45) is 6.19. The summed E-state index contributed by atoms with van der Waals surface area (Å²) >= 11 is 0. The van der Waals surface area contributed by atoms with Crippen molar-refractivity contribution in [1.29, 1.82) is 0 Å². The molecule has 0 atom stereocenters. The van der Waals surface area contributed by atoms with Crippen molar-refractivity contribution in [3.63, 3.8) is 0 Å². The van der Waals surface area contributed by atoms with E-state index in [1.54, 1.807) is 0 Å². The molecule has 0 aromatic rings. The van der Waals surface area contributed by atoms with Crippen LogP contribution < -0.4 is 11.5 Å². The molecule has 4 heteroatoms. The Morgan fingerprint density at radius 2 is 0.818 bits per heavy atom. The highest BCUT2D eigenvalue weighted by atomic mass is 79.9. The van der Waals surface area contributed by atoms with Gasteiger partial charge in [-0.05, 0) is 25.9 Å². The van der Waals surface area contributed by atoms with Gasteiger partial charge in [0.25, 0.3) is 0 Å². The SMILES string of the molecule is Br.Br.NCCCCCCCN. The van der Waals surface area contributed by atoms with Gasteiger partial charge in [0.15, 0.2) is 0 Å². The summed E-state index contributed by atoms with van der Waals surface area (Å²) in [7, 11) is 0. The summed E-state index contributed by atoms with van der Waals surface area (Å²) in [4.78, 5) is 0. The van der Waals surface area contributed by atoms with Gasteiger partial charge in [0, 0.05) is 0 Å². The third kappa shape index (κ3) is 18.1. The summed E-state index contributed by atoms with van der Waals surface area (Å²) in [6.45, 7) is 1.67. The number of rotatable bonds is 6. The van der Waals surface area contributed by atoms with Crippen molar-refractivity contribution in [2.75, 3.05) is 13.1 Å². The molecule has 0 aromatic heterocycles. The molecule has 0 rings (SSSR count). The first-order valence-electron chi connectivity index (χ1n) is 3.82. The van der Waals surface area contributed by atoms with Crippen LogP contribution in [0.5, 0.6) is 0 Å². The molecule has 0 saturated heterocycles. The molecule has 2 nitrogen and oxygen atoms in total. The molecule has 0 aliphatic rings. The molecule has 11 heavy (non-hydrogen) atoms. The number of nitrogens with two attached hydrogens (primary N) is 2. The summed E-state index contributed by atoms with van der Waals surface area (Å²) in [5, 5.41) is 0. The molecule has 0 aliphatic carbocycles. The standard InChI is InChI=1S/C7H18N2.2BrH/c8-6-4-2-1-3-5-7-9;;/h1-9H2;2*1H. The second kappa shape index (κ2) is 17.1. The van der Waals surface area contributed by atoms with Crippen LogP contribution in [0.2, 0.25) is 0 Å². The van der Waals surface area contributed by atoms with E-state index in [0.717, 1.165) is 13.1 Å². The zero-order valence-electron chi connectivity index (χ0n) is 6.92. The molecule has 0 amide bonds. The maximum Gasteiger partial charge on any atom is -0.00773 e. The lowest BCUT2D eigenvalue weighted by molar-refractivity contribution is 0.623. The molecule has 0 unspecified atom stereocenters. The van der Waals surface area contributed by atoms with E-state index >= 15 is 0 Å². The maximum absolute atomic E-state index is 5.32. The molecule has 0 bridgehead atoms. The topological polar surface area (TPSA) is 52.0 Å². The minimum absolute atomic E-state index is 0. The van der Waals surface area contributed by atoms with Gasteiger partial charge in [-0.1, -0.05) is 19.3 Å². The molecule has 0 aromatic carbocycles. The van der Waals surface area contributed by atoms with Gasteiger partial charge in [0.2, 0.25) is 0 Å². The Morgan fingerprint density at radius 1 is 0.545 bits per heavy atom. The summed E-state index contributed by atoms with van der Waals surface area (Å²) < 4.78 is 0. The molecular weight excluding hydrogens is 272 g/mol. The smallest absolute Gasteiger partial charge is 0.00773 e. The molecule has 4 N–H and O–H groups in total. The van der Waals surface area contributed by atoms with Gasteiger partial charge in [-0.3, -0.25) is 0 Å². The van der Waals surface area contributed by atoms with E-state index in [1.807, 2.05) is 0 Å². The fourth-order valence-electron chi connectivity index (χ4n) is 0.819. The zero-order valence-corrected chi connectivity index (χ0v) is 10.3. The predicted octanol–water partition coefficient (Wildman–Crippen LogP) is 2.01. The van der Waals surface area contributed by atoms with Crippen LogP contribution in [0.1, 0.15) is 32.1 Å². The third-order valence-electron chi connectivity index (χ3n) is 1.41. The monoisotopic (exact) mass is 290 g/mol. The van der Waals surface area contributed by atoms with Gasteiger partial charge in [0.05, 0.1) is 0 Å². The van der Waals surface area contributed by atoms with E-state index < -0.39 is 0 Å². The van der Waals surface area contributed by atoms with Gasteiger partial charge >= 0.3 is 0 Å². The van der Waals surface area contributed by atoms with Crippen molar-refractivity contribution in [3.8, 4) is 0 Å².